The van der Waals surface area contributed by atoms with Crippen LogP contribution in [0.5, 0.6) is 0 Å². The van der Waals surface area contributed by atoms with Gasteiger partial charge in [-0.15, -0.1) is 0 Å². The Bertz CT molecular complexity index is 724. The molecule has 1 saturated heterocycles. The lowest BCUT2D eigenvalue weighted by Gasteiger charge is -2.34. The number of esters is 1. The first kappa shape index (κ1) is 18.9. The Morgan fingerprint density at radius 3 is 2.58 bits per heavy atom. The van der Waals surface area contributed by atoms with Crippen LogP contribution in [-0.2, 0) is 19.5 Å². The molecule has 132 valence electrons. The predicted molar refractivity (Wildman–Crippen MR) is 90.5 cm³/mol. The fraction of sp³-hybridized carbons (Fsp3) is 0.438. The van der Waals surface area contributed by atoms with E-state index in [2.05, 4.69) is 6.58 Å². The van der Waals surface area contributed by atoms with Gasteiger partial charge >= 0.3 is 5.97 Å². The maximum Gasteiger partial charge on any atom is 0.338 e. The van der Waals surface area contributed by atoms with Crippen LogP contribution in [0.25, 0.3) is 0 Å². The molecule has 24 heavy (non-hydrogen) atoms. The highest BCUT2D eigenvalue weighted by molar-refractivity contribution is 7.89. The SMILES string of the molecule is C=C(Cl)COC(=O)c1cccc(S(=O)(=O)N2CC(C)OC(C)C2)c1. The maximum absolute atomic E-state index is 12.8. The number of hydrogen-bond donors (Lipinski definition) is 0. The predicted octanol–water partition coefficient (Wildman–Crippen LogP) is 2.39. The van der Waals surface area contributed by atoms with Crippen LogP contribution in [-0.4, -0.2) is 50.6 Å². The minimum absolute atomic E-state index is 0.0444. The summed E-state index contributed by atoms with van der Waals surface area (Å²) in [4.78, 5) is 12.0. The molecule has 2 rings (SSSR count). The summed E-state index contributed by atoms with van der Waals surface area (Å²) in [7, 11) is -3.71. The average molecular weight is 374 g/mol. The molecule has 1 aliphatic heterocycles. The Morgan fingerprint density at radius 2 is 2.00 bits per heavy atom. The molecule has 0 amide bonds. The molecule has 1 heterocycles. The number of rotatable bonds is 5. The molecule has 0 aromatic heterocycles. The van der Waals surface area contributed by atoms with Gasteiger partial charge in [0.05, 0.1) is 22.7 Å². The number of benzene rings is 1. The van der Waals surface area contributed by atoms with Crippen molar-refractivity contribution < 1.29 is 22.7 Å². The maximum atomic E-state index is 12.8. The molecule has 0 aliphatic carbocycles. The molecule has 1 fully saturated rings. The first-order valence-electron chi connectivity index (χ1n) is 7.46. The van der Waals surface area contributed by atoms with Crippen LogP contribution in [0.3, 0.4) is 0 Å². The lowest BCUT2D eigenvalue weighted by Crippen LogP contribution is -2.48. The highest BCUT2D eigenvalue weighted by atomic mass is 35.5. The van der Waals surface area contributed by atoms with E-state index in [4.69, 9.17) is 21.1 Å². The van der Waals surface area contributed by atoms with Crippen molar-refractivity contribution in [3.63, 3.8) is 0 Å². The van der Waals surface area contributed by atoms with Crippen LogP contribution >= 0.6 is 11.6 Å². The Kier molecular flexibility index (Phi) is 6.03. The van der Waals surface area contributed by atoms with E-state index in [1.165, 1.54) is 28.6 Å². The van der Waals surface area contributed by atoms with Crippen molar-refractivity contribution in [2.75, 3.05) is 19.7 Å². The molecule has 1 aromatic rings. The van der Waals surface area contributed by atoms with Crippen LogP contribution in [0.2, 0.25) is 0 Å². The largest absolute Gasteiger partial charge is 0.456 e. The number of halogens is 1. The van der Waals surface area contributed by atoms with Gasteiger partial charge in [0.25, 0.3) is 0 Å². The fourth-order valence-corrected chi connectivity index (χ4v) is 4.18. The van der Waals surface area contributed by atoms with Crippen LogP contribution in [0.1, 0.15) is 24.2 Å². The summed E-state index contributed by atoms with van der Waals surface area (Å²) in [5.74, 6) is -0.655. The molecule has 2 atom stereocenters. The fourth-order valence-electron chi connectivity index (χ4n) is 2.49. The standard InChI is InChI=1S/C16H20ClNO5S/c1-11(17)10-22-16(19)14-5-4-6-15(7-14)24(20,21)18-8-12(2)23-13(3)9-18/h4-7,12-13H,1,8-10H2,2-3H3. The molecular weight excluding hydrogens is 354 g/mol. The Labute approximate surface area is 147 Å². The van der Waals surface area contributed by atoms with E-state index >= 15 is 0 Å². The Balaban J connectivity index is 2.23. The van der Waals surface area contributed by atoms with Gasteiger partial charge in [0, 0.05) is 18.1 Å². The van der Waals surface area contributed by atoms with Crippen LogP contribution in [0, 0.1) is 0 Å². The number of sulfonamides is 1. The third kappa shape index (κ3) is 4.57. The lowest BCUT2D eigenvalue weighted by molar-refractivity contribution is -0.0440. The van der Waals surface area contributed by atoms with Gasteiger partial charge < -0.3 is 9.47 Å². The first-order valence-corrected chi connectivity index (χ1v) is 9.28. The van der Waals surface area contributed by atoms with Crippen molar-refractivity contribution >= 4 is 27.6 Å². The summed E-state index contributed by atoms with van der Waals surface area (Å²) in [6.45, 7) is 7.49. The van der Waals surface area contributed by atoms with E-state index < -0.39 is 16.0 Å². The van der Waals surface area contributed by atoms with Crippen molar-refractivity contribution in [1.82, 2.24) is 4.31 Å². The van der Waals surface area contributed by atoms with Gasteiger partial charge in [0.1, 0.15) is 6.61 Å². The van der Waals surface area contributed by atoms with Crippen molar-refractivity contribution in [2.24, 2.45) is 0 Å². The number of carbonyl (C=O) groups is 1. The van der Waals surface area contributed by atoms with Crippen molar-refractivity contribution in [3.05, 3.63) is 41.4 Å². The number of ether oxygens (including phenoxy) is 2. The molecule has 2 unspecified atom stereocenters. The number of carbonyl (C=O) groups excluding carboxylic acids is 1. The summed E-state index contributed by atoms with van der Waals surface area (Å²) < 4.78 is 37.5. The van der Waals surface area contributed by atoms with E-state index in [1.807, 2.05) is 13.8 Å². The molecule has 0 bridgehead atoms. The Hall–Kier alpha value is -1.41. The van der Waals surface area contributed by atoms with E-state index in [9.17, 15) is 13.2 Å². The second-order valence-electron chi connectivity index (χ2n) is 5.70. The van der Waals surface area contributed by atoms with Gasteiger partial charge in [-0.3, -0.25) is 0 Å². The summed E-state index contributed by atoms with van der Waals surface area (Å²) >= 11 is 5.56. The third-order valence-electron chi connectivity index (χ3n) is 3.45. The number of morpholine rings is 1. The quantitative estimate of drug-likeness (QED) is 0.741. The van der Waals surface area contributed by atoms with Gasteiger partial charge in [-0.2, -0.15) is 4.31 Å². The average Bonchev–Trinajstić information content (AvgIpc) is 2.51. The first-order chi connectivity index (χ1) is 11.2. The molecular formula is C16H20ClNO5S. The van der Waals surface area contributed by atoms with Gasteiger partial charge in [-0.25, -0.2) is 13.2 Å². The van der Waals surface area contributed by atoms with E-state index in [-0.39, 0.29) is 47.4 Å². The second-order valence-corrected chi connectivity index (χ2v) is 8.17. The van der Waals surface area contributed by atoms with Gasteiger partial charge in [0.15, 0.2) is 0 Å². The molecule has 0 saturated carbocycles. The van der Waals surface area contributed by atoms with E-state index in [1.54, 1.807) is 0 Å². The monoisotopic (exact) mass is 373 g/mol. The third-order valence-corrected chi connectivity index (χ3v) is 5.39. The molecule has 0 N–H and O–H groups in total. The number of nitrogens with zero attached hydrogens (tertiary/aromatic N) is 1. The zero-order chi connectivity index (χ0) is 17.9. The van der Waals surface area contributed by atoms with Gasteiger partial charge in [0.2, 0.25) is 10.0 Å². The van der Waals surface area contributed by atoms with Crippen LogP contribution < -0.4 is 0 Å². The molecule has 1 aromatic carbocycles. The summed E-state index contributed by atoms with van der Waals surface area (Å²) in [6.07, 6.45) is -0.377. The van der Waals surface area contributed by atoms with Crippen LogP contribution in [0.4, 0.5) is 0 Å². The Morgan fingerprint density at radius 1 is 1.38 bits per heavy atom. The highest BCUT2D eigenvalue weighted by Crippen LogP contribution is 2.22. The lowest BCUT2D eigenvalue weighted by atomic mass is 10.2. The van der Waals surface area contributed by atoms with E-state index in [0.717, 1.165) is 0 Å². The van der Waals surface area contributed by atoms with Crippen molar-refractivity contribution in [2.45, 2.75) is 31.0 Å². The van der Waals surface area contributed by atoms with Crippen LogP contribution in [0.15, 0.2) is 40.8 Å². The minimum Gasteiger partial charge on any atom is -0.456 e. The molecule has 0 spiro atoms. The second kappa shape index (κ2) is 7.65. The van der Waals surface area contributed by atoms with E-state index in [0.29, 0.717) is 0 Å². The zero-order valence-corrected chi connectivity index (χ0v) is 15.1. The van der Waals surface area contributed by atoms with Gasteiger partial charge in [-0.1, -0.05) is 24.2 Å². The summed E-state index contributed by atoms with van der Waals surface area (Å²) in [6, 6.07) is 5.76. The van der Waals surface area contributed by atoms with Crippen molar-refractivity contribution in [1.29, 1.82) is 0 Å². The summed E-state index contributed by atoms with van der Waals surface area (Å²) in [5.41, 5.74) is 0.142. The molecule has 1 aliphatic rings. The number of hydrogen-bond acceptors (Lipinski definition) is 5. The van der Waals surface area contributed by atoms with Crippen molar-refractivity contribution in [3.8, 4) is 0 Å². The molecule has 0 radical (unpaired) electrons. The molecule has 8 heteroatoms. The topological polar surface area (TPSA) is 72.9 Å². The highest BCUT2D eigenvalue weighted by Gasteiger charge is 2.32. The smallest absolute Gasteiger partial charge is 0.338 e. The van der Waals surface area contributed by atoms with Gasteiger partial charge in [-0.05, 0) is 32.0 Å². The molecule has 6 nitrogen and oxygen atoms in total. The summed E-state index contributed by atoms with van der Waals surface area (Å²) in [5, 5.41) is 0.184. The minimum atomic E-state index is -3.71. The zero-order valence-electron chi connectivity index (χ0n) is 13.6. The normalized spacial score (nSPS) is 22.1.